The number of methoxy groups -OCH3 is 1. The molecule has 1 aromatic rings. The highest BCUT2D eigenvalue weighted by molar-refractivity contribution is 7.89. The maximum absolute atomic E-state index is 11.0. The average Bonchev–Trinajstić information content (AvgIpc) is 2.28. The highest BCUT2D eigenvalue weighted by atomic mass is 32.2. The van der Waals surface area contributed by atoms with Gasteiger partial charge in [0.1, 0.15) is 5.75 Å². The molecular weight excluding hydrogens is 242 g/mol. The van der Waals surface area contributed by atoms with Crippen LogP contribution >= 0.6 is 0 Å². The topological polar surface area (TPSA) is 78.6 Å². The first-order valence-electron chi connectivity index (χ1n) is 5.28. The Labute approximate surface area is 102 Å². The van der Waals surface area contributed by atoms with E-state index in [1.165, 1.54) is 12.1 Å². The maximum Gasteiger partial charge on any atom is 0.238 e. The fourth-order valence-corrected chi connectivity index (χ4v) is 1.78. The minimum absolute atomic E-state index is 0.0873. The molecule has 96 valence electrons. The first kappa shape index (κ1) is 14.0. The van der Waals surface area contributed by atoms with Gasteiger partial charge in [0.25, 0.3) is 0 Å². The van der Waals surface area contributed by atoms with Crippen LogP contribution in [-0.2, 0) is 14.8 Å². The molecule has 5 nitrogen and oxygen atoms in total. The van der Waals surface area contributed by atoms with Gasteiger partial charge < -0.3 is 9.47 Å². The first-order valence-corrected chi connectivity index (χ1v) is 6.83. The molecule has 1 rings (SSSR count). The molecular formula is C11H17NO4S. The number of ether oxygens (including phenoxy) is 2. The lowest BCUT2D eigenvalue weighted by molar-refractivity contribution is 0.184. The van der Waals surface area contributed by atoms with Crippen molar-refractivity contribution in [3.05, 3.63) is 24.3 Å². The third-order valence-corrected chi connectivity index (χ3v) is 3.09. The number of primary sulfonamides is 1. The Hall–Kier alpha value is -1.11. The number of sulfonamides is 1. The third-order valence-electron chi connectivity index (χ3n) is 2.16. The standard InChI is InChI=1S/C11H17NO4S/c1-15-8-2-3-9-16-10-4-6-11(7-5-10)17(12,13)14/h4-7H,2-3,8-9H2,1H3,(H2,12,13,14). The second-order valence-electron chi connectivity index (χ2n) is 3.56. The van der Waals surface area contributed by atoms with Crippen LogP contribution in [0.2, 0.25) is 0 Å². The minimum Gasteiger partial charge on any atom is -0.494 e. The fraction of sp³-hybridized carbons (Fsp3) is 0.455. The van der Waals surface area contributed by atoms with Crippen molar-refractivity contribution in [2.24, 2.45) is 5.14 Å². The molecule has 0 aliphatic heterocycles. The molecule has 0 heterocycles. The van der Waals surface area contributed by atoms with Gasteiger partial charge in [0, 0.05) is 13.7 Å². The van der Waals surface area contributed by atoms with Gasteiger partial charge in [-0.15, -0.1) is 0 Å². The molecule has 0 amide bonds. The lowest BCUT2D eigenvalue weighted by Crippen LogP contribution is -2.11. The van der Waals surface area contributed by atoms with Crippen LogP contribution in [-0.4, -0.2) is 28.7 Å². The normalized spacial score (nSPS) is 11.4. The van der Waals surface area contributed by atoms with Crippen LogP contribution in [0.4, 0.5) is 0 Å². The van der Waals surface area contributed by atoms with Crippen molar-refractivity contribution in [3.8, 4) is 5.75 Å². The number of benzene rings is 1. The van der Waals surface area contributed by atoms with E-state index in [4.69, 9.17) is 14.6 Å². The van der Waals surface area contributed by atoms with Gasteiger partial charge in [0.2, 0.25) is 10.0 Å². The molecule has 0 radical (unpaired) electrons. The number of nitrogens with two attached hydrogens (primary N) is 1. The molecule has 0 unspecified atom stereocenters. The second kappa shape index (κ2) is 6.58. The predicted molar refractivity (Wildman–Crippen MR) is 64.4 cm³/mol. The van der Waals surface area contributed by atoms with Gasteiger partial charge in [0.15, 0.2) is 0 Å². The molecule has 2 N–H and O–H groups in total. The Morgan fingerprint density at radius 3 is 2.24 bits per heavy atom. The summed E-state index contributed by atoms with van der Waals surface area (Å²) in [6.07, 6.45) is 1.83. The summed E-state index contributed by atoms with van der Waals surface area (Å²) in [6, 6.07) is 6.05. The Bertz CT molecular complexity index is 427. The van der Waals surface area contributed by atoms with Crippen molar-refractivity contribution in [2.75, 3.05) is 20.3 Å². The second-order valence-corrected chi connectivity index (χ2v) is 5.13. The average molecular weight is 259 g/mol. The van der Waals surface area contributed by atoms with Crippen molar-refractivity contribution in [2.45, 2.75) is 17.7 Å². The van der Waals surface area contributed by atoms with E-state index in [0.29, 0.717) is 19.0 Å². The summed E-state index contributed by atoms with van der Waals surface area (Å²) in [6.45, 7) is 1.30. The predicted octanol–water partition coefficient (Wildman–Crippen LogP) is 1.14. The molecule has 0 aliphatic rings. The van der Waals surface area contributed by atoms with Crippen LogP contribution < -0.4 is 9.88 Å². The van der Waals surface area contributed by atoms with Crippen LogP contribution in [0.25, 0.3) is 0 Å². The molecule has 6 heteroatoms. The van der Waals surface area contributed by atoms with Crippen LogP contribution in [0.15, 0.2) is 29.2 Å². The van der Waals surface area contributed by atoms with Gasteiger partial charge in [-0.05, 0) is 37.1 Å². The zero-order valence-electron chi connectivity index (χ0n) is 9.76. The van der Waals surface area contributed by atoms with Gasteiger partial charge in [-0.1, -0.05) is 0 Å². The zero-order chi connectivity index (χ0) is 12.7. The summed E-state index contributed by atoms with van der Waals surface area (Å²) in [5.41, 5.74) is 0. The van der Waals surface area contributed by atoms with E-state index in [-0.39, 0.29) is 4.90 Å². The number of hydrogen-bond donors (Lipinski definition) is 1. The number of rotatable bonds is 7. The van der Waals surface area contributed by atoms with Crippen molar-refractivity contribution in [3.63, 3.8) is 0 Å². The monoisotopic (exact) mass is 259 g/mol. The quantitative estimate of drug-likeness (QED) is 0.745. The number of hydrogen-bond acceptors (Lipinski definition) is 4. The van der Waals surface area contributed by atoms with E-state index >= 15 is 0 Å². The molecule has 0 spiro atoms. The van der Waals surface area contributed by atoms with Crippen molar-refractivity contribution >= 4 is 10.0 Å². The zero-order valence-corrected chi connectivity index (χ0v) is 10.6. The highest BCUT2D eigenvalue weighted by Gasteiger charge is 2.06. The van der Waals surface area contributed by atoms with E-state index in [2.05, 4.69) is 0 Å². The lowest BCUT2D eigenvalue weighted by Gasteiger charge is -2.06. The van der Waals surface area contributed by atoms with E-state index < -0.39 is 10.0 Å². The lowest BCUT2D eigenvalue weighted by atomic mass is 10.3. The molecule has 1 aromatic carbocycles. The van der Waals surface area contributed by atoms with Crippen LogP contribution in [0.5, 0.6) is 5.75 Å². The summed E-state index contributed by atoms with van der Waals surface area (Å²) < 4.78 is 32.3. The summed E-state index contributed by atoms with van der Waals surface area (Å²) >= 11 is 0. The largest absolute Gasteiger partial charge is 0.494 e. The van der Waals surface area contributed by atoms with E-state index in [1.54, 1.807) is 19.2 Å². The summed E-state index contributed by atoms with van der Waals surface area (Å²) in [5, 5.41) is 4.98. The van der Waals surface area contributed by atoms with Crippen LogP contribution in [0.1, 0.15) is 12.8 Å². The van der Waals surface area contributed by atoms with Crippen molar-refractivity contribution < 1.29 is 17.9 Å². The third kappa shape index (κ3) is 5.16. The number of unbranched alkanes of at least 4 members (excludes halogenated alkanes) is 1. The van der Waals surface area contributed by atoms with Crippen molar-refractivity contribution in [1.29, 1.82) is 0 Å². The van der Waals surface area contributed by atoms with Gasteiger partial charge in [-0.25, -0.2) is 13.6 Å². The van der Waals surface area contributed by atoms with Gasteiger partial charge in [-0.3, -0.25) is 0 Å². The minimum atomic E-state index is -3.62. The fourth-order valence-electron chi connectivity index (χ4n) is 1.26. The first-order chi connectivity index (χ1) is 8.04. The summed E-state index contributed by atoms with van der Waals surface area (Å²) in [7, 11) is -1.96. The molecule has 0 bridgehead atoms. The summed E-state index contributed by atoms with van der Waals surface area (Å²) in [5.74, 6) is 0.634. The van der Waals surface area contributed by atoms with Crippen LogP contribution in [0.3, 0.4) is 0 Å². The summed E-state index contributed by atoms with van der Waals surface area (Å²) in [4.78, 5) is 0.0873. The van der Waals surface area contributed by atoms with E-state index in [1.807, 2.05) is 0 Å². The Morgan fingerprint density at radius 1 is 1.12 bits per heavy atom. The molecule has 0 aliphatic carbocycles. The maximum atomic E-state index is 11.0. The molecule has 0 fully saturated rings. The van der Waals surface area contributed by atoms with Crippen LogP contribution in [0, 0.1) is 0 Å². The molecule has 17 heavy (non-hydrogen) atoms. The van der Waals surface area contributed by atoms with Gasteiger partial charge in [0.05, 0.1) is 11.5 Å². The molecule has 0 saturated carbocycles. The Kier molecular flexibility index (Phi) is 5.40. The van der Waals surface area contributed by atoms with Gasteiger partial charge >= 0.3 is 0 Å². The SMILES string of the molecule is COCCCCOc1ccc(S(N)(=O)=O)cc1. The van der Waals surface area contributed by atoms with Gasteiger partial charge in [-0.2, -0.15) is 0 Å². The van der Waals surface area contributed by atoms with E-state index in [0.717, 1.165) is 12.8 Å². The highest BCUT2D eigenvalue weighted by Crippen LogP contribution is 2.15. The molecule has 0 atom stereocenters. The van der Waals surface area contributed by atoms with Crippen molar-refractivity contribution in [1.82, 2.24) is 0 Å². The molecule has 0 aromatic heterocycles. The Morgan fingerprint density at radius 2 is 1.71 bits per heavy atom. The molecule has 0 saturated heterocycles. The smallest absolute Gasteiger partial charge is 0.238 e. The Balaban J connectivity index is 2.41. The van der Waals surface area contributed by atoms with E-state index in [9.17, 15) is 8.42 Å².